The van der Waals surface area contributed by atoms with Crippen molar-refractivity contribution in [3.63, 3.8) is 0 Å². The normalized spacial score (nSPS) is 15.6. The summed E-state index contributed by atoms with van der Waals surface area (Å²) in [5.74, 6) is 1.66. The second-order valence-electron chi connectivity index (χ2n) is 7.19. The van der Waals surface area contributed by atoms with Crippen LogP contribution in [0.5, 0.6) is 0 Å². The molecule has 0 radical (unpaired) electrons. The van der Waals surface area contributed by atoms with Crippen LogP contribution in [0.4, 0.5) is 18.9 Å². The summed E-state index contributed by atoms with van der Waals surface area (Å²) in [7, 11) is 1.69. The Balaban J connectivity index is 1.73. The molecule has 160 valence electrons. The van der Waals surface area contributed by atoms with Crippen LogP contribution in [0.3, 0.4) is 0 Å². The summed E-state index contributed by atoms with van der Waals surface area (Å²) >= 11 is 1.66. The van der Waals surface area contributed by atoms with Crippen molar-refractivity contribution < 1.29 is 17.9 Å². The quantitative estimate of drug-likeness (QED) is 0.420. The molecule has 0 unspecified atom stereocenters. The number of thioether (sulfide) groups is 1. The lowest BCUT2D eigenvalue weighted by atomic mass is 9.95. The number of hydrogen-bond acceptors (Lipinski definition) is 5. The number of rotatable bonds is 9. The van der Waals surface area contributed by atoms with Crippen LogP contribution in [-0.4, -0.2) is 34.2 Å². The molecule has 1 aliphatic carbocycles. The fourth-order valence-corrected chi connectivity index (χ4v) is 4.52. The smallest absolute Gasteiger partial charge is 0.385 e. The van der Waals surface area contributed by atoms with E-state index in [1.165, 1.54) is 25.3 Å². The Morgan fingerprint density at radius 3 is 2.72 bits per heavy atom. The van der Waals surface area contributed by atoms with E-state index in [1.807, 2.05) is 0 Å². The molecule has 9 heteroatoms. The summed E-state index contributed by atoms with van der Waals surface area (Å²) < 4.78 is 46.1. The highest BCUT2D eigenvalue weighted by Gasteiger charge is 2.30. The van der Waals surface area contributed by atoms with Gasteiger partial charge in [0, 0.05) is 31.2 Å². The van der Waals surface area contributed by atoms with Crippen LogP contribution in [0.15, 0.2) is 29.4 Å². The number of ether oxygens (including phenoxy) is 1. The van der Waals surface area contributed by atoms with Crippen LogP contribution < -0.4 is 5.32 Å². The van der Waals surface area contributed by atoms with Crippen LogP contribution >= 0.6 is 11.8 Å². The average Bonchev–Trinajstić information content (AvgIpc) is 3.13. The van der Waals surface area contributed by atoms with Gasteiger partial charge in [0.1, 0.15) is 0 Å². The standard InChI is InChI=1S/C20H27F3N4OS/c1-28-11-6-12-29-19-26-25-18(27(19)17-9-3-2-4-10-17)14-24-16-8-5-7-15(13-16)20(21,22)23/h5,7-8,13,17,24H,2-4,6,9-12,14H2,1H3. The minimum atomic E-state index is -4.36. The Morgan fingerprint density at radius 2 is 2.00 bits per heavy atom. The van der Waals surface area contributed by atoms with Gasteiger partial charge in [-0.2, -0.15) is 13.2 Å². The maximum absolute atomic E-state index is 12.9. The van der Waals surface area contributed by atoms with Gasteiger partial charge >= 0.3 is 6.18 Å². The first-order chi connectivity index (χ1) is 14.0. The summed E-state index contributed by atoms with van der Waals surface area (Å²) in [6, 6.07) is 5.60. The Morgan fingerprint density at radius 1 is 1.21 bits per heavy atom. The number of nitrogens with one attached hydrogen (secondary N) is 1. The molecule has 29 heavy (non-hydrogen) atoms. The minimum Gasteiger partial charge on any atom is -0.385 e. The first-order valence-corrected chi connectivity index (χ1v) is 10.9. The summed E-state index contributed by atoms with van der Waals surface area (Å²) in [6.45, 7) is 1.04. The fourth-order valence-electron chi connectivity index (χ4n) is 3.59. The van der Waals surface area contributed by atoms with E-state index in [-0.39, 0.29) is 0 Å². The van der Waals surface area contributed by atoms with Crippen molar-refractivity contribution in [2.24, 2.45) is 0 Å². The van der Waals surface area contributed by atoms with E-state index in [0.29, 0.717) is 24.9 Å². The van der Waals surface area contributed by atoms with Crippen molar-refractivity contribution >= 4 is 17.4 Å². The molecule has 1 saturated carbocycles. The number of halogens is 3. The first-order valence-electron chi connectivity index (χ1n) is 9.95. The highest BCUT2D eigenvalue weighted by molar-refractivity contribution is 7.99. The van der Waals surface area contributed by atoms with Crippen LogP contribution in [0.25, 0.3) is 0 Å². The molecule has 3 rings (SSSR count). The van der Waals surface area contributed by atoms with Crippen molar-refractivity contribution in [2.45, 2.75) is 62.4 Å². The first kappa shape index (κ1) is 22.0. The molecule has 0 aliphatic heterocycles. The molecule has 1 aromatic heterocycles. The second-order valence-corrected chi connectivity index (χ2v) is 8.25. The molecule has 0 amide bonds. The zero-order valence-electron chi connectivity index (χ0n) is 16.5. The van der Waals surface area contributed by atoms with E-state index in [4.69, 9.17) is 4.74 Å². The van der Waals surface area contributed by atoms with E-state index in [0.717, 1.165) is 48.1 Å². The number of aromatic nitrogens is 3. The second kappa shape index (κ2) is 10.3. The highest BCUT2D eigenvalue weighted by Crippen LogP contribution is 2.34. The molecular formula is C20H27F3N4OS. The highest BCUT2D eigenvalue weighted by atomic mass is 32.2. The van der Waals surface area contributed by atoms with Crippen LogP contribution in [0.1, 0.15) is 56.0 Å². The van der Waals surface area contributed by atoms with Gasteiger partial charge in [-0.1, -0.05) is 37.1 Å². The third kappa shape index (κ3) is 6.12. The van der Waals surface area contributed by atoms with E-state index in [9.17, 15) is 13.2 Å². The van der Waals surface area contributed by atoms with Gasteiger partial charge in [0.25, 0.3) is 0 Å². The maximum Gasteiger partial charge on any atom is 0.416 e. The fraction of sp³-hybridized carbons (Fsp3) is 0.600. The summed E-state index contributed by atoms with van der Waals surface area (Å²) in [5.41, 5.74) is -0.238. The van der Waals surface area contributed by atoms with Gasteiger partial charge in [-0.15, -0.1) is 10.2 Å². The zero-order chi connectivity index (χ0) is 20.7. The number of benzene rings is 1. The van der Waals surface area contributed by atoms with Crippen molar-refractivity contribution in [3.05, 3.63) is 35.7 Å². The number of anilines is 1. The maximum atomic E-state index is 12.9. The van der Waals surface area contributed by atoms with E-state index >= 15 is 0 Å². The molecule has 1 fully saturated rings. The molecule has 1 heterocycles. The SMILES string of the molecule is COCCCSc1nnc(CNc2cccc(C(F)(F)F)c2)n1C1CCCCC1. The topological polar surface area (TPSA) is 52.0 Å². The Labute approximate surface area is 173 Å². The number of alkyl halides is 3. The summed E-state index contributed by atoms with van der Waals surface area (Å²) in [6.07, 6.45) is 2.34. The molecule has 2 aromatic rings. The molecule has 0 spiro atoms. The molecular weight excluding hydrogens is 401 g/mol. The minimum absolute atomic E-state index is 0.337. The predicted octanol–water partition coefficient (Wildman–Crippen LogP) is 5.54. The van der Waals surface area contributed by atoms with Gasteiger partial charge in [-0.3, -0.25) is 0 Å². The summed E-state index contributed by atoms with van der Waals surface area (Å²) in [5, 5.41) is 12.7. The lowest BCUT2D eigenvalue weighted by Gasteiger charge is -2.25. The number of methoxy groups -OCH3 is 1. The molecule has 0 atom stereocenters. The molecule has 1 aliphatic rings. The van der Waals surface area contributed by atoms with E-state index in [2.05, 4.69) is 20.1 Å². The van der Waals surface area contributed by atoms with Crippen molar-refractivity contribution in [3.8, 4) is 0 Å². The third-order valence-electron chi connectivity index (χ3n) is 5.04. The van der Waals surface area contributed by atoms with E-state index in [1.54, 1.807) is 24.9 Å². The largest absolute Gasteiger partial charge is 0.416 e. The zero-order valence-corrected chi connectivity index (χ0v) is 17.4. The molecule has 0 bridgehead atoms. The Hall–Kier alpha value is -1.74. The van der Waals surface area contributed by atoms with Gasteiger partial charge < -0.3 is 14.6 Å². The van der Waals surface area contributed by atoms with Crippen molar-refractivity contribution in [1.82, 2.24) is 14.8 Å². The van der Waals surface area contributed by atoms with Gasteiger partial charge in [-0.25, -0.2) is 0 Å². The third-order valence-corrected chi connectivity index (χ3v) is 6.07. The van der Waals surface area contributed by atoms with Gasteiger partial charge in [0.05, 0.1) is 12.1 Å². The number of hydrogen-bond donors (Lipinski definition) is 1. The average molecular weight is 429 g/mol. The Bertz CT molecular complexity index is 775. The Kier molecular flexibility index (Phi) is 7.83. The van der Waals surface area contributed by atoms with Crippen molar-refractivity contribution in [1.29, 1.82) is 0 Å². The molecule has 0 saturated heterocycles. The monoisotopic (exact) mass is 428 g/mol. The van der Waals surface area contributed by atoms with Crippen LogP contribution in [-0.2, 0) is 17.5 Å². The number of nitrogens with zero attached hydrogens (tertiary/aromatic N) is 3. The molecule has 1 aromatic carbocycles. The predicted molar refractivity (Wildman–Crippen MR) is 108 cm³/mol. The van der Waals surface area contributed by atoms with Gasteiger partial charge in [0.15, 0.2) is 11.0 Å². The van der Waals surface area contributed by atoms with Crippen LogP contribution in [0, 0.1) is 0 Å². The van der Waals surface area contributed by atoms with Gasteiger partial charge in [0.2, 0.25) is 0 Å². The molecule has 5 nitrogen and oxygen atoms in total. The van der Waals surface area contributed by atoms with E-state index < -0.39 is 11.7 Å². The lowest BCUT2D eigenvalue weighted by Crippen LogP contribution is -2.18. The van der Waals surface area contributed by atoms with Gasteiger partial charge in [-0.05, 0) is 37.5 Å². The van der Waals surface area contributed by atoms with Crippen LogP contribution in [0.2, 0.25) is 0 Å². The van der Waals surface area contributed by atoms with Crippen molar-refractivity contribution in [2.75, 3.05) is 24.8 Å². The summed E-state index contributed by atoms with van der Waals surface area (Å²) in [4.78, 5) is 0. The lowest BCUT2D eigenvalue weighted by molar-refractivity contribution is -0.137. The molecule has 1 N–H and O–H groups in total.